The van der Waals surface area contributed by atoms with Crippen molar-refractivity contribution in [3.8, 4) is 12.1 Å². The second kappa shape index (κ2) is 5.39. The Morgan fingerprint density at radius 1 is 1.33 bits per heavy atom. The van der Waals surface area contributed by atoms with Gasteiger partial charge < -0.3 is 4.42 Å². The van der Waals surface area contributed by atoms with Crippen molar-refractivity contribution in [1.29, 1.82) is 10.5 Å². The van der Waals surface area contributed by atoms with Crippen LogP contribution in [0.15, 0.2) is 33.8 Å². The van der Waals surface area contributed by atoms with Crippen LogP contribution in [0.3, 0.4) is 0 Å². The van der Waals surface area contributed by atoms with E-state index >= 15 is 0 Å². The number of nitrogens with zero attached hydrogens (tertiary/aromatic N) is 3. The number of hydrogen-bond acceptors (Lipinski definition) is 5. The molecule has 0 spiro atoms. The standard InChI is InChI=1S/C13H9N3OS/c1-9-16-12(7-15)13(17-9)18-8-11-4-2-3-10(5-11)6-14/h2-5H,8H2,1H3. The Labute approximate surface area is 109 Å². The Kier molecular flexibility index (Phi) is 3.66. The Hall–Kier alpha value is -2.24. The van der Waals surface area contributed by atoms with Crippen molar-refractivity contribution in [2.24, 2.45) is 0 Å². The maximum Gasteiger partial charge on any atom is 0.199 e. The molecule has 1 aromatic heterocycles. The summed E-state index contributed by atoms with van der Waals surface area (Å²) in [5.41, 5.74) is 1.95. The molecule has 18 heavy (non-hydrogen) atoms. The molecule has 5 heteroatoms. The van der Waals surface area contributed by atoms with Crippen molar-refractivity contribution in [2.45, 2.75) is 17.8 Å². The van der Waals surface area contributed by atoms with Crippen LogP contribution in [0, 0.1) is 29.6 Å². The highest BCUT2D eigenvalue weighted by Gasteiger charge is 2.11. The van der Waals surface area contributed by atoms with Crippen molar-refractivity contribution in [3.05, 3.63) is 47.0 Å². The van der Waals surface area contributed by atoms with Gasteiger partial charge in [0.2, 0.25) is 0 Å². The smallest absolute Gasteiger partial charge is 0.199 e. The average Bonchev–Trinajstić information content (AvgIpc) is 2.77. The molecule has 1 aromatic carbocycles. The highest BCUT2D eigenvalue weighted by atomic mass is 32.2. The quantitative estimate of drug-likeness (QED) is 0.788. The van der Waals surface area contributed by atoms with Gasteiger partial charge in [-0.1, -0.05) is 23.9 Å². The van der Waals surface area contributed by atoms with E-state index < -0.39 is 0 Å². The highest BCUT2D eigenvalue weighted by molar-refractivity contribution is 7.98. The number of thioether (sulfide) groups is 1. The van der Waals surface area contributed by atoms with Crippen molar-refractivity contribution < 1.29 is 4.42 Å². The van der Waals surface area contributed by atoms with Gasteiger partial charge in [-0.3, -0.25) is 0 Å². The molecule has 0 aliphatic rings. The fourth-order valence-corrected chi connectivity index (χ4v) is 2.34. The largest absolute Gasteiger partial charge is 0.433 e. The summed E-state index contributed by atoms with van der Waals surface area (Å²) in [6.45, 7) is 1.71. The number of benzene rings is 1. The van der Waals surface area contributed by atoms with Gasteiger partial charge in [-0.25, -0.2) is 4.98 Å². The molecule has 0 amide bonds. The lowest BCUT2D eigenvalue weighted by Gasteiger charge is -1.99. The molecule has 0 saturated carbocycles. The van der Waals surface area contributed by atoms with Gasteiger partial charge in [-0.2, -0.15) is 10.5 Å². The number of aromatic nitrogens is 1. The first kappa shape index (κ1) is 12.2. The maximum atomic E-state index is 8.88. The van der Waals surface area contributed by atoms with Crippen LogP contribution in [0.5, 0.6) is 0 Å². The van der Waals surface area contributed by atoms with E-state index in [1.807, 2.05) is 24.3 Å². The topological polar surface area (TPSA) is 73.6 Å². The van der Waals surface area contributed by atoms with Gasteiger partial charge in [0.25, 0.3) is 0 Å². The summed E-state index contributed by atoms with van der Waals surface area (Å²) in [7, 11) is 0. The van der Waals surface area contributed by atoms with E-state index in [1.54, 1.807) is 13.0 Å². The van der Waals surface area contributed by atoms with Gasteiger partial charge in [0.1, 0.15) is 6.07 Å². The molecule has 0 atom stereocenters. The van der Waals surface area contributed by atoms with Gasteiger partial charge in [0.05, 0.1) is 11.6 Å². The molecule has 0 bridgehead atoms. The van der Waals surface area contributed by atoms with Crippen molar-refractivity contribution in [2.75, 3.05) is 0 Å². The molecule has 0 radical (unpaired) electrons. The number of rotatable bonds is 3. The van der Waals surface area contributed by atoms with E-state index in [0.29, 0.717) is 28.0 Å². The molecule has 0 aliphatic carbocycles. The van der Waals surface area contributed by atoms with Crippen LogP contribution >= 0.6 is 11.8 Å². The van der Waals surface area contributed by atoms with Crippen LogP contribution < -0.4 is 0 Å². The Morgan fingerprint density at radius 2 is 2.17 bits per heavy atom. The highest BCUT2D eigenvalue weighted by Crippen LogP contribution is 2.26. The molecular formula is C13H9N3OS. The maximum absolute atomic E-state index is 8.88. The van der Waals surface area contributed by atoms with Crippen LogP contribution in [-0.2, 0) is 5.75 Å². The molecular weight excluding hydrogens is 246 g/mol. The van der Waals surface area contributed by atoms with E-state index in [-0.39, 0.29) is 0 Å². The number of hydrogen-bond donors (Lipinski definition) is 0. The minimum Gasteiger partial charge on any atom is -0.433 e. The van der Waals surface area contributed by atoms with Crippen molar-refractivity contribution in [3.63, 3.8) is 0 Å². The van der Waals surface area contributed by atoms with Crippen LogP contribution in [-0.4, -0.2) is 4.98 Å². The SMILES string of the molecule is Cc1nc(C#N)c(SCc2cccc(C#N)c2)o1. The summed E-state index contributed by atoms with van der Waals surface area (Å²) in [4.78, 5) is 3.97. The monoisotopic (exact) mass is 255 g/mol. The third-order valence-corrected chi connectivity index (χ3v) is 3.25. The third kappa shape index (κ3) is 2.71. The van der Waals surface area contributed by atoms with Gasteiger partial charge in [0.15, 0.2) is 16.7 Å². The summed E-state index contributed by atoms with van der Waals surface area (Å²) in [5.74, 6) is 1.12. The zero-order chi connectivity index (χ0) is 13.0. The second-order valence-corrected chi connectivity index (χ2v) is 4.53. The molecule has 4 nitrogen and oxygen atoms in total. The minimum atomic E-state index is 0.314. The molecule has 88 valence electrons. The van der Waals surface area contributed by atoms with E-state index in [2.05, 4.69) is 11.1 Å². The van der Waals surface area contributed by atoms with Gasteiger partial charge in [-0.05, 0) is 17.7 Å². The number of oxazole rings is 1. The fourth-order valence-electron chi connectivity index (χ4n) is 1.46. The zero-order valence-corrected chi connectivity index (χ0v) is 10.5. The summed E-state index contributed by atoms with van der Waals surface area (Å²) >= 11 is 1.40. The first-order valence-electron chi connectivity index (χ1n) is 5.22. The molecule has 2 aromatic rings. The Bertz CT molecular complexity index is 649. The van der Waals surface area contributed by atoms with Gasteiger partial charge >= 0.3 is 0 Å². The lowest BCUT2D eigenvalue weighted by molar-refractivity contribution is 0.441. The van der Waals surface area contributed by atoms with E-state index in [1.165, 1.54) is 11.8 Å². The first-order chi connectivity index (χ1) is 8.72. The fraction of sp³-hybridized carbons (Fsp3) is 0.154. The molecule has 0 aliphatic heterocycles. The summed E-state index contributed by atoms with van der Waals surface area (Å²) in [5, 5.41) is 18.2. The van der Waals surface area contributed by atoms with Gasteiger partial charge in [-0.15, -0.1) is 0 Å². The molecule has 2 rings (SSSR count). The lowest BCUT2D eigenvalue weighted by Crippen LogP contribution is -1.83. The third-order valence-electron chi connectivity index (χ3n) is 2.23. The normalized spacial score (nSPS) is 9.72. The molecule has 1 heterocycles. The first-order valence-corrected chi connectivity index (χ1v) is 6.21. The Balaban J connectivity index is 2.12. The predicted octanol–water partition coefficient (Wildman–Crippen LogP) is 3.02. The molecule has 0 N–H and O–H groups in total. The van der Waals surface area contributed by atoms with E-state index in [4.69, 9.17) is 14.9 Å². The average molecular weight is 255 g/mol. The molecule has 0 saturated heterocycles. The molecule has 0 fully saturated rings. The van der Waals surface area contributed by atoms with Gasteiger partial charge in [0, 0.05) is 12.7 Å². The van der Waals surface area contributed by atoms with Crippen molar-refractivity contribution in [1.82, 2.24) is 4.98 Å². The minimum absolute atomic E-state index is 0.314. The van der Waals surface area contributed by atoms with E-state index in [0.717, 1.165) is 5.56 Å². The second-order valence-electron chi connectivity index (χ2n) is 3.58. The lowest BCUT2D eigenvalue weighted by atomic mass is 10.2. The summed E-state index contributed by atoms with van der Waals surface area (Å²) < 4.78 is 5.35. The summed E-state index contributed by atoms with van der Waals surface area (Å²) in [6, 6.07) is 11.4. The number of aryl methyl sites for hydroxylation is 1. The van der Waals surface area contributed by atoms with Crippen LogP contribution in [0.25, 0.3) is 0 Å². The predicted molar refractivity (Wildman–Crippen MR) is 66.7 cm³/mol. The number of nitriles is 2. The summed E-state index contributed by atoms with van der Waals surface area (Å²) in [6.07, 6.45) is 0. The van der Waals surface area contributed by atoms with Crippen LogP contribution in [0.2, 0.25) is 0 Å². The van der Waals surface area contributed by atoms with Crippen molar-refractivity contribution >= 4 is 11.8 Å². The van der Waals surface area contributed by atoms with Crippen LogP contribution in [0.1, 0.15) is 22.7 Å². The zero-order valence-electron chi connectivity index (χ0n) is 9.67. The Morgan fingerprint density at radius 3 is 2.89 bits per heavy atom. The molecule has 0 unspecified atom stereocenters. The van der Waals surface area contributed by atoms with Crippen LogP contribution in [0.4, 0.5) is 0 Å². The van der Waals surface area contributed by atoms with E-state index in [9.17, 15) is 0 Å².